The van der Waals surface area contributed by atoms with Gasteiger partial charge in [-0.2, -0.15) is 0 Å². The van der Waals surface area contributed by atoms with Gasteiger partial charge < -0.3 is 9.15 Å². The Morgan fingerprint density at radius 2 is 2.08 bits per heavy atom. The van der Waals surface area contributed by atoms with Crippen molar-refractivity contribution in [3.8, 4) is 5.95 Å². The third kappa shape index (κ3) is 2.61. The van der Waals surface area contributed by atoms with Gasteiger partial charge >= 0.3 is 0 Å². The number of carbonyl (C=O) groups is 1. The van der Waals surface area contributed by atoms with Crippen LogP contribution < -0.4 is 4.74 Å². The third-order valence-electron chi connectivity index (χ3n) is 1.41. The molecule has 1 aromatic heterocycles. The smallest absolute Gasteiger partial charge is 0.296 e. The second kappa shape index (κ2) is 3.24. The third-order valence-corrected chi connectivity index (χ3v) is 1.41. The number of ether oxygens (including phenoxy) is 1. The topological polar surface area (TPSA) is 39.4 Å². The van der Waals surface area contributed by atoms with Gasteiger partial charge in [0.05, 0.1) is 6.26 Å². The zero-order valence-corrected chi connectivity index (χ0v) is 8.38. The fraction of sp³-hybridized carbons (Fsp3) is 0.500. The minimum atomic E-state index is -0.345. The van der Waals surface area contributed by atoms with Crippen LogP contribution in [0.1, 0.15) is 38.1 Å². The molecule has 0 radical (unpaired) electrons. The second-order valence-electron chi connectivity index (χ2n) is 3.89. The largest absolute Gasteiger partial charge is 0.459 e. The van der Waals surface area contributed by atoms with Gasteiger partial charge in [-0.15, -0.1) is 0 Å². The summed E-state index contributed by atoms with van der Waals surface area (Å²) in [5.41, 5.74) is 0.150. The van der Waals surface area contributed by atoms with Gasteiger partial charge in [-0.05, 0) is 33.8 Å². The summed E-state index contributed by atoms with van der Waals surface area (Å²) < 4.78 is 10.5. The number of hydrogen-bond donors (Lipinski definition) is 0. The van der Waals surface area contributed by atoms with E-state index in [0.717, 1.165) is 0 Å². The molecule has 0 bridgehead atoms. The van der Waals surface area contributed by atoms with Crippen molar-refractivity contribution in [1.82, 2.24) is 0 Å². The van der Waals surface area contributed by atoms with Gasteiger partial charge in [0.15, 0.2) is 5.78 Å². The van der Waals surface area contributed by atoms with Gasteiger partial charge in [0.2, 0.25) is 0 Å². The number of carbonyl (C=O) groups excluding carboxylic acids is 1. The van der Waals surface area contributed by atoms with Crippen molar-refractivity contribution in [2.45, 2.75) is 33.3 Å². The zero-order valence-electron chi connectivity index (χ0n) is 8.38. The minimum Gasteiger partial charge on any atom is -0.459 e. The summed E-state index contributed by atoms with van der Waals surface area (Å²) in [5.74, 6) is 0.257. The average molecular weight is 182 g/mol. The lowest BCUT2D eigenvalue weighted by Crippen LogP contribution is -2.23. The van der Waals surface area contributed by atoms with E-state index in [9.17, 15) is 4.79 Å². The van der Waals surface area contributed by atoms with Crippen LogP contribution in [0.15, 0.2) is 16.7 Å². The molecule has 0 saturated carbocycles. The SMILES string of the molecule is CC(=O)c1ccoc1OC(C)(C)C. The molecule has 72 valence electrons. The lowest BCUT2D eigenvalue weighted by Gasteiger charge is -2.19. The summed E-state index contributed by atoms with van der Waals surface area (Å²) in [5, 5.41) is 0. The van der Waals surface area contributed by atoms with Crippen LogP contribution in [0.2, 0.25) is 0 Å². The average Bonchev–Trinajstić information content (AvgIpc) is 2.31. The molecule has 13 heavy (non-hydrogen) atoms. The Kier molecular flexibility index (Phi) is 2.45. The number of hydrogen-bond acceptors (Lipinski definition) is 3. The highest BCUT2D eigenvalue weighted by molar-refractivity contribution is 5.96. The van der Waals surface area contributed by atoms with Crippen LogP contribution in [0.25, 0.3) is 0 Å². The number of Topliss-reactive ketones (excluding diaryl/α,β-unsaturated/α-hetero) is 1. The molecule has 0 saturated heterocycles. The van der Waals surface area contributed by atoms with Crippen LogP contribution in [0.3, 0.4) is 0 Å². The number of furan rings is 1. The Morgan fingerprint density at radius 1 is 1.46 bits per heavy atom. The Bertz CT molecular complexity index is 304. The maximum Gasteiger partial charge on any atom is 0.296 e. The van der Waals surface area contributed by atoms with Gasteiger partial charge in [-0.1, -0.05) is 0 Å². The van der Waals surface area contributed by atoms with E-state index in [1.165, 1.54) is 13.2 Å². The molecule has 0 aliphatic carbocycles. The van der Waals surface area contributed by atoms with E-state index >= 15 is 0 Å². The predicted molar refractivity (Wildman–Crippen MR) is 49.1 cm³/mol. The molecule has 0 aliphatic heterocycles. The summed E-state index contributed by atoms with van der Waals surface area (Å²) >= 11 is 0. The molecular formula is C10H14O3. The Hall–Kier alpha value is -1.25. The van der Waals surface area contributed by atoms with Gasteiger partial charge in [0.25, 0.3) is 5.95 Å². The van der Waals surface area contributed by atoms with E-state index in [1.807, 2.05) is 20.8 Å². The van der Waals surface area contributed by atoms with Crippen LogP contribution in [-0.2, 0) is 0 Å². The highest BCUT2D eigenvalue weighted by Crippen LogP contribution is 2.24. The predicted octanol–water partition coefficient (Wildman–Crippen LogP) is 2.66. The molecule has 0 aromatic carbocycles. The van der Waals surface area contributed by atoms with Crippen molar-refractivity contribution in [2.24, 2.45) is 0 Å². The first-order chi connectivity index (χ1) is 5.90. The standard InChI is InChI=1S/C10H14O3/c1-7(11)8-5-6-12-9(8)13-10(2,3)4/h5-6H,1-4H3. The first-order valence-electron chi connectivity index (χ1n) is 4.17. The van der Waals surface area contributed by atoms with E-state index in [4.69, 9.17) is 9.15 Å². The van der Waals surface area contributed by atoms with Crippen LogP contribution in [0.5, 0.6) is 5.95 Å². The molecule has 1 heterocycles. The van der Waals surface area contributed by atoms with Gasteiger partial charge in [-0.25, -0.2) is 0 Å². The second-order valence-corrected chi connectivity index (χ2v) is 3.89. The molecule has 0 unspecified atom stereocenters. The summed E-state index contributed by atoms with van der Waals surface area (Å²) in [7, 11) is 0. The van der Waals surface area contributed by atoms with E-state index in [0.29, 0.717) is 11.5 Å². The van der Waals surface area contributed by atoms with Crippen molar-refractivity contribution in [1.29, 1.82) is 0 Å². The molecule has 0 atom stereocenters. The first-order valence-corrected chi connectivity index (χ1v) is 4.17. The first kappa shape index (κ1) is 9.84. The van der Waals surface area contributed by atoms with E-state index < -0.39 is 0 Å². The van der Waals surface area contributed by atoms with Crippen molar-refractivity contribution in [3.63, 3.8) is 0 Å². The molecule has 1 rings (SSSR count). The minimum absolute atomic E-state index is 0.0481. The van der Waals surface area contributed by atoms with Crippen molar-refractivity contribution in [3.05, 3.63) is 17.9 Å². The molecule has 0 fully saturated rings. The van der Waals surface area contributed by atoms with Crippen molar-refractivity contribution in [2.75, 3.05) is 0 Å². The summed E-state index contributed by atoms with van der Waals surface area (Å²) in [6, 6.07) is 1.61. The monoisotopic (exact) mass is 182 g/mol. The van der Waals surface area contributed by atoms with Gasteiger partial charge in [-0.3, -0.25) is 4.79 Å². The summed E-state index contributed by atoms with van der Waals surface area (Å²) in [4.78, 5) is 11.1. The molecule has 0 N–H and O–H groups in total. The number of rotatable bonds is 2. The molecule has 1 aromatic rings. The fourth-order valence-electron chi connectivity index (χ4n) is 0.914. The molecule has 0 amide bonds. The fourth-order valence-corrected chi connectivity index (χ4v) is 0.914. The Morgan fingerprint density at radius 3 is 2.54 bits per heavy atom. The molecule has 0 aliphatic rings. The Labute approximate surface area is 77.7 Å². The van der Waals surface area contributed by atoms with E-state index in [1.54, 1.807) is 6.07 Å². The van der Waals surface area contributed by atoms with Crippen LogP contribution in [-0.4, -0.2) is 11.4 Å². The molecule has 0 spiro atoms. The summed E-state index contributed by atoms with van der Waals surface area (Å²) in [6.07, 6.45) is 1.46. The van der Waals surface area contributed by atoms with Crippen molar-refractivity contribution >= 4 is 5.78 Å². The van der Waals surface area contributed by atoms with Gasteiger partial charge in [0.1, 0.15) is 11.2 Å². The van der Waals surface area contributed by atoms with E-state index in [-0.39, 0.29) is 11.4 Å². The molecular weight excluding hydrogens is 168 g/mol. The zero-order chi connectivity index (χ0) is 10.1. The Balaban J connectivity index is 2.89. The quantitative estimate of drug-likeness (QED) is 0.660. The van der Waals surface area contributed by atoms with Crippen LogP contribution in [0.4, 0.5) is 0 Å². The van der Waals surface area contributed by atoms with Crippen LogP contribution in [0, 0.1) is 0 Å². The van der Waals surface area contributed by atoms with Crippen molar-refractivity contribution < 1.29 is 13.9 Å². The molecule has 3 heteroatoms. The van der Waals surface area contributed by atoms with Crippen LogP contribution >= 0.6 is 0 Å². The number of ketones is 1. The van der Waals surface area contributed by atoms with Gasteiger partial charge in [0, 0.05) is 0 Å². The van der Waals surface area contributed by atoms with E-state index in [2.05, 4.69) is 0 Å². The lowest BCUT2D eigenvalue weighted by molar-refractivity contribution is 0.0883. The maximum atomic E-state index is 11.1. The summed E-state index contributed by atoms with van der Waals surface area (Å²) in [6.45, 7) is 7.19. The highest BCUT2D eigenvalue weighted by Gasteiger charge is 2.19. The lowest BCUT2D eigenvalue weighted by atomic mass is 10.2. The normalized spacial score (nSPS) is 11.4. The highest BCUT2D eigenvalue weighted by atomic mass is 16.6. The molecule has 3 nitrogen and oxygen atoms in total. The maximum absolute atomic E-state index is 11.1.